The van der Waals surface area contributed by atoms with E-state index in [2.05, 4.69) is 0 Å². The number of carbonyl (C=O) groups excluding carboxylic acids is 1. The summed E-state index contributed by atoms with van der Waals surface area (Å²) in [6, 6.07) is 4.83. The van der Waals surface area contributed by atoms with Crippen LogP contribution >= 0.6 is 23.2 Å². The first kappa shape index (κ1) is 16.7. The Balaban J connectivity index is 1.95. The average Bonchev–Trinajstić information content (AvgIpc) is 2.38. The minimum atomic E-state index is -0.781. The van der Waals surface area contributed by atoms with Gasteiger partial charge in [-0.15, -0.1) is 0 Å². The first-order chi connectivity index (χ1) is 9.89. The van der Waals surface area contributed by atoms with Crippen molar-refractivity contribution in [2.24, 2.45) is 0 Å². The zero-order chi connectivity index (χ0) is 15.5. The van der Waals surface area contributed by atoms with Crippen molar-refractivity contribution in [3.8, 4) is 0 Å². The second kappa shape index (κ2) is 7.07. The largest absolute Gasteiger partial charge is 0.388 e. The van der Waals surface area contributed by atoms with Gasteiger partial charge in [-0.3, -0.25) is 9.69 Å². The zero-order valence-electron chi connectivity index (χ0n) is 11.9. The third-order valence-electron chi connectivity index (χ3n) is 3.63. The van der Waals surface area contributed by atoms with Crippen molar-refractivity contribution in [2.75, 3.05) is 33.4 Å². The van der Waals surface area contributed by atoms with E-state index < -0.39 is 5.60 Å². The molecule has 6 heteroatoms. The molecule has 0 bridgehead atoms. The zero-order valence-corrected chi connectivity index (χ0v) is 13.5. The van der Waals surface area contributed by atoms with Gasteiger partial charge in [-0.05, 0) is 25.2 Å². The SMILES string of the molecule is CN(CC(=O)c1ccc(Cl)cc1Cl)CC1(O)CCOCC1. The number of benzene rings is 1. The molecule has 0 radical (unpaired) electrons. The molecule has 2 rings (SSSR count). The molecule has 116 valence electrons. The van der Waals surface area contributed by atoms with E-state index in [1.54, 1.807) is 18.2 Å². The lowest BCUT2D eigenvalue weighted by Crippen LogP contribution is -2.46. The van der Waals surface area contributed by atoms with Crippen molar-refractivity contribution < 1.29 is 14.6 Å². The van der Waals surface area contributed by atoms with Crippen molar-refractivity contribution in [3.05, 3.63) is 33.8 Å². The minimum Gasteiger partial charge on any atom is -0.388 e. The molecule has 4 nitrogen and oxygen atoms in total. The average molecular weight is 332 g/mol. The van der Waals surface area contributed by atoms with E-state index >= 15 is 0 Å². The Hall–Kier alpha value is -0.650. The van der Waals surface area contributed by atoms with Gasteiger partial charge in [0.05, 0.1) is 17.2 Å². The Labute approximate surface area is 134 Å². The molecule has 0 atom stereocenters. The van der Waals surface area contributed by atoms with Gasteiger partial charge in [0.15, 0.2) is 5.78 Å². The molecule has 1 saturated heterocycles. The Morgan fingerprint density at radius 1 is 1.38 bits per heavy atom. The molecule has 0 unspecified atom stereocenters. The van der Waals surface area contributed by atoms with Crippen LogP contribution < -0.4 is 0 Å². The standard InChI is InChI=1S/C15H19Cl2NO3/c1-18(10-15(20)4-6-21-7-5-15)9-14(19)12-3-2-11(16)8-13(12)17/h2-3,8,20H,4-7,9-10H2,1H3. The lowest BCUT2D eigenvalue weighted by molar-refractivity contribution is -0.0758. The highest BCUT2D eigenvalue weighted by molar-refractivity contribution is 6.36. The number of rotatable bonds is 5. The summed E-state index contributed by atoms with van der Waals surface area (Å²) in [5, 5.41) is 11.3. The monoisotopic (exact) mass is 331 g/mol. The number of halogens is 2. The van der Waals surface area contributed by atoms with Gasteiger partial charge in [0.2, 0.25) is 0 Å². The maximum atomic E-state index is 12.3. The van der Waals surface area contributed by atoms with E-state index in [0.717, 1.165) is 0 Å². The first-order valence-corrected chi connectivity index (χ1v) is 7.62. The molecule has 0 aliphatic carbocycles. The Kier molecular flexibility index (Phi) is 5.63. The van der Waals surface area contributed by atoms with E-state index in [9.17, 15) is 9.90 Å². The van der Waals surface area contributed by atoms with E-state index in [4.69, 9.17) is 27.9 Å². The minimum absolute atomic E-state index is 0.0881. The van der Waals surface area contributed by atoms with Gasteiger partial charge in [-0.1, -0.05) is 23.2 Å². The number of nitrogens with zero attached hydrogens (tertiary/aromatic N) is 1. The van der Waals surface area contributed by atoms with Gasteiger partial charge in [-0.2, -0.15) is 0 Å². The third-order valence-corrected chi connectivity index (χ3v) is 4.18. The Bertz CT molecular complexity index is 516. The van der Waals surface area contributed by atoms with Crippen LogP contribution in [-0.4, -0.2) is 54.7 Å². The van der Waals surface area contributed by atoms with E-state index in [1.807, 2.05) is 11.9 Å². The van der Waals surface area contributed by atoms with Gasteiger partial charge >= 0.3 is 0 Å². The third kappa shape index (κ3) is 4.66. The van der Waals surface area contributed by atoms with Crippen LogP contribution in [0.3, 0.4) is 0 Å². The molecule has 1 aromatic carbocycles. The van der Waals surface area contributed by atoms with Gasteiger partial charge in [0, 0.05) is 43.2 Å². The molecule has 1 heterocycles. The van der Waals surface area contributed by atoms with Crippen LogP contribution in [0.2, 0.25) is 10.0 Å². The van der Waals surface area contributed by atoms with Gasteiger partial charge in [0.1, 0.15) is 0 Å². The number of likely N-dealkylation sites (N-methyl/N-ethyl adjacent to an activating group) is 1. The van der Waals surface area contributed by atoms with E-state index in [0.29, 0.717) is 48.2 Å². The number of hydrogen-bond acceptors (Lipinski definition) is 4. The van der Waals surface area contributed by atoms with Crippen LogP contribution in [0.1, 0.15) is 23.2 Å². The summed E-state index contributed by atoms with van der Waals surface area (Å²) in [7, 11) is 1.81. The molecule has 0 aromatic heterocycles. The fourth-order valence-electron chi connectivity index (χ4n) is 2.51. The van der Waals surface area contributed by atoms with E-state index in [-0.39, 0.29) is 12.3 Å². The summed E-state index contributed by atoms with van der Waals surface area (Å²) >= 11 is 11.9. The van der Waals surface area contributed by atoms with E-state index in [1.165, 1.54) is 0 Å². The van der Waals surface area contributed by atoms with Crippen LogP contribution in [0.25, 0.3) is 0 Å². The highest BCUT2D eigenvalue weighted by atomic mass is 35.5. The molecule has 1 aromatic rings. The normalized spacial score (nSPS) is 18.0. The van der Waals surface area contributed by atoms with Crippen molar-refractivity contribution in [1.29, 1.82) is 0 Å². The topological polar surface area (TPSA) is 49.8 Å². The molecular weight excluding hydrogens is 313 g/mol. The van der Waals surface area contributed by atoms with Crippen LogP contribution in [0.4, 0.5) is 0 Å². The smallest absolute Gasteiger partial charge is 0.178 e. The summed E-state index contributed by atoms with van der Waals surface area (Å²) < 4.78 is 5.25. The quantitative estimate of drug-likeness (QED) is 0.843. The summed E-state index contributed by atoms with van der Waals surface area (Å²) in [5.41, 5.74) is -0.330. The number of Topliss-reactive ketones (excluding diaryl/α,β-unsaturated/α-hetero) is 1. The van der Waals surface area contributed by atoms with Crippen molar-refractivity contribution in [3.63, 3.8) is 0 Å². The number of carbonyl (C=O) groups is 1. The molecule has 1 aliphatic rings. The molecule has 1 aliphatic heterocycles. The Morgan fingerprint density at radius 2 is 2.05 bits per heavy atom. The lowest BCUT2D eigenvalue weighted by atomic mass is 9.94. The summed E-state index contributed by atoms with van der Waals surface area (Å²) in [6.07, 6.45) is 1.18. The molecular formula is C15H19Cl2NO3. The van der Waals surface area contributed by atoms with Crippen LogP contribution in [0, 0.1) is 0 Å². The molecule has 21 heavy (non-hydrogen) atoms. The summed E-state index contributed by atoms with van der Waals surface area (Å²) in [6.45, 7) is 1.75. The van der Waals surface area contributed by atoms with Crippen molar-refractivity contribution in [1.82, 2.24) is 4.90 Å². The molecule has 1 N–H and O–H groups in total. The lowest BCUT2D eigenvalue weighted by Gasteiger charge is -2.35. The van der Waals surface area contributed by atoms with Gasteiger partial charge in [0.25, 0.3) is 0 Å². The highest BCUT2D eigenvalue weighted by Crippen LogP contribution is 2.23. The molecule has 0 saturated carbocycles. The number of ketones is 1. The maximum Gasteiger partial charge on any atom is 0.178 e. The molecule has 1 fully saturated rings. The maximum absolute atomic E-state index is 12.3. The highest BCUT2D eigenvalue weighted by Gasteiger charge is 2.31. The number of hydrogen-bond donors (Lipinski definition) is 1. The first-order valence-electron chi connectivity index (χ1n) is 6.86. The van der Waals surface area contributed by atoms with Crippen molar-refractivity contribution in [2.45, 2.75) is 18.4 Å². The predicted molar refractivity (Wildman–Crippen MR) is 83.3 cm³/mol. The van der Waals surface area contributed by atoms with Crippen LogP contribution in [0.5, 0.6) is 0 Å². The summed E-state index contributed by atoms with van der Waals surface area (Å²) in [5.74, 6) is -0.0881. The second-order valence-corrected chi connectivity index (χ2v) is 6.40. The van der Waals surface area contributed by atoms with Gasteiger partial charge < -0.3 is 9.84 Å². The number of aliphatic hydroxyl groups is 1. The second-order valence-electron chi connectivity index (χ2n) is 5.56. The Morgan fingerprint density at radius 3 is 2.67 bits per heavy atom. The van der Waals surface area contributed by atoms with Crippen LogP contribution in [-0.2, 0) is 4.74 Å². The number of ether oxygens (including phenoxy) is 1. The molecule has 0 spiro atoms. The van der Waals surface area contributed by atoms with Crippen LogP contribution in [0.15, 0.2) is 18.2 Å². The fraction of sp³-hybridized carbons (Fsp3) is 0.533. The summed E-state index contributed by atoms with van der Waals surface area (Å²) in [4.78, 5) is 14.1. The predicted octanol–water partition coefficient (Wildman–Crippen LogP) is 2.65. The van der Waals surface area contributed by atoms with Gasteiger partial charge in [-0.25, -0.2) is 0 Å². The molecule has 0 amide bonds. The van der Waals surface area contributed by atoms with Crippen molar-refractivity contribution >= 4 is 29.0 Å². The fourth-order valence-corrected chi connectivity index (χ4v) is 3.03.